The van der Waals surface area contributed by atoms with E-state index in [9.17, 15) is 0 Å². The van der Waals surface area contributed by atoms with Crippen molar-refractivity contribution >= 4 is 11.8 Å². The highest BCUT2D eigenvalue weighted by Gasteiger charge is 2.33. The maximum atomic E-state index is 6.24. The van der Waals surface area contributed by atoms with E-state index < -0.39 is 0 Å². The number of aromatic nitrogens is 2. The number of rotatable bonds is 5. The van der Waals surface area contributed by atoms with Crippen molar-refractivity contribution in [1.82, 2.24) is 15.3 Å². The Hall–Kier alpha value is -2.34. The second-order valence-corrected chi connectivity index (χ2v) is 7.20. The first kappa shape index (κ1) is 17.1. The van der Waals surface area contributed by atoms with Gasteiger partial charge in [0.15, 0.2) is 0 Å². The minimum atomic E-state index is 0.220. The fourth-order valence-electron chi connectivity index (χ4n) is 3.56. The third-order valence-corrected chi connectivity index (χ3v) is 5.10. The van der Waals surface area contributed by atoms with Gasteiger partial charge in [-0.3, -0.25) is 0 Å². The summed E-state index contributed by atoms with van der Waals surface area (Å²) >= 11 is 0. The van der Waals surface area contributed by atoms with Gasteiger partial charge in [0.05, 0.1) is 18.8 Å². The third-order valence-electron chi connectivity index (χ3n) is 5.10. The van der Waals surface area contributed by atoms with E-state index in [2.05, 4.69) is 35.3 Å². The second-order valence-electron chi connectivity index (χ2n) is 7.20. The highest BCUT2D eigenvalue weighted by molar-refractivity contribution is 5.56. The Balaban J connectivity index is 1.51. The van der Waals surface area contributed by atoms with E-state index in [0.29, 0.717) is 0 Å². The van der Waals surface area contributed by atoms with Crippen molar-refractivity contribution < 1.29 is 4.74 Å². The molecule has 1 N–H and O–H groups in total. The van der Waals surface area contributed by atoms with Crippen LogP contribution < -0.4 is 19.9 Å². The molecule has 0 aliphatic carbocycles. The van der Waals surface area contributed by atoms with Crippen LogP contribution in [-0.4, -0.2) is 49.8 Å². The average molecular weight is 353 g/mol. The van der Waals surface area contributed by atoms with Crippen molar-refractivity contribution in [1.29, 1.82) is 0 Å². The highest BCUT2D eigenvalue weighted by Crippen LogP contribution is 2.31. The molecule has 6 nitrogen and oxygen atoms in total. The van der Waals surface area contributed by atoms with Crippen LogP contribution in [0.3, 0.4) is 0 Å². The average Bonchev–Trinajstić information content (AvgIpc) is 2.63. The molecule has 2 aliphatic rings. The minimum Gasteiger partial charge on any atom is -0.486 e. The molecule has 0 radical (unpaired) electrons. The van der Waals surface area contributed by atoms with Gasteiger partial charge in [-0.05, 0) is 31.0 Å². The van der Waals surface area contributed by atoms with Gasteiger partial charge in [-0.25, -0.2) is 4.98 Å². The molecule has 3 heterocycles. The van der Waals surface area contributed by atoms with E-state index in [1.807, 2.05) is 25.1 Å². The molecule has 0 atom stereocenters. The number of nitrogens with one attached hydrogen (secondary N) is 1. The molecule has 1 aromatic heterocycles. The zero-order chi connectivity index (χ0) is 18.1. The van der Waals surface area contributed by atoms with E-state index in [0.717, 1.165) is 62.2 Å². The Morgan fingerprint density at radius 3 is 2.81 bits per heavy atom. The fourth-order valence-corrected chi connectivity index (χ4v) is 3.56. The zero-order valence-electron chi connectivity index (χ0n) is 15.8. The number of ether oxygens (including phenoxy) is 1. The van der Waals surface area contributed by atoms with Crippen LogP contribution in [0.25, 0.3) is 0 Å². The van der Waals surface area contributed by atoms with Crippen molar-refractivity contribution in [2.75, 3.05) is 43.5 Å². The summed E-state index contributed by atoms with van der Waals surface area (Å²) < 4.78 is 6.24. The van der Waals surface area contributed by atoms with Crippen LogP contribution in [0.15, 0.2) is 24.3 Å². The molecule has 6 heteroatoms. The lowest BCUT2D eigenvalue weighted by atomic mass is 10.0. The molecule has 2 aliphatic heterocycles. The standard InChI is InChI=1S/C20H27N5O/c1-4-14-7-5-6-8-18(14)26-15-12-25(13-15)19-16-9-10-21-11-17(16)22-20(23-19)24(2)3/h5-8,15,21H,4,9-13H2,1-3H3. The lowest BCUT2D eigenvalue weighted by molar-refractivity contribution is 0.165. The van der Waals surface area contributed by atoms with Crippen LogP contribution in [0.2, 0.25) is 0 Å². The monoisotopic (exact) mass is 353 g/mol. The van der Waals surface area contributed by atoms with Crippen LogP contribution in [0.1, 0.15) is 23.7 Å². The Morgan fingerprint density at radius 2 is 2.04 bits per heavy atom. The Bertz CT molecular complexity index is 786. The molecule has 0 amide bonds. The number of nitrogens with zero attached hydrogens (tertiary/aromatic N) is 4. The van der Waals surface area contributed by atoms with Gasteiger partial charge < -0.3 is 19.9 Å². The predicted octanol–water partition coefficient (Wildman–Crippen LogP) is 2.02. The summed E-state index contributed by atoms with van der Waals surface area (Å²) in [5.41, 5.74) is 3.69. The topological polar surface area (TPSA) is 53.5 Å². The molecular weight excluding hydrogens is 326 g/mol. The Morgan fingerprint density at radius 1 is 1.23 bits per heavy atom. The normalized spacial score (nSPS) is 16.8. The summed E-state index contributed by atoms with van der Waals surface area (Å²) in [7, 11) is 3.98. The fraction of sp³-hybridized carbons (Fsp3) is 0.500. The number of benzene rings is 1. The van der Waals surface area contributed by atoms with Gasteiger partial charge in [0, 0.05) is 26.2 Å². The molecule has 2 aromatic rings. The largest absolute Gasteiger partial charge is 0.486 e. The molecule has 0 unspecified atom stereocenters. The number of fused-ring (bicyclic) bond motifs is 1. The second kappa shape index (κ2) is 7.11. The summed E-state index contributed by atoms with van der Waals surface area (Å²) in [5, 5.41) is 3.41. The van der Waals surface area contributed by atoms with Gasteiger partial charge in [-0.15, -0.1) is 0 Å². The molecule has 1 saturated heterocycles. The van der Waals surface area contributed by atoms with Crippen molar-refractivity contribution in [3.8, 4) is 5.75 Å². The molecule has 0 spiro atoms. The van der Waals surface area contributed by atoms with Crippen molar-refractivity contribution in [2.45, 2.75) is 32.4 Å². The number of hydrogen-bond donors (Lipinski definition) is 1. The lowest BCUT2D eigenvalue weighted by Gasteiger charge is -2.41. The zero-order valence-corrected chi connectivity index (χ0v) is 15.8. The summed E-state index contributed by atoms with van der Waals surface area (Å²) in [6, 6.07) is 8.33. The SMILES string of the molecule is CCc1ccccc1OC1CN(c2nc(N(C)C)nc3c2CCNC3)C1. The van der Waals surface area contributed by atoms with Gasteiger partial charge in [0.2, 0.25) is 5.95 Å². The van der Waals surface area contributed by atoms with E-state index in [1.54, 1.807) is 0 Å². The van der Waals surface area contributed by atoms with Crippen LogP contribution in [0.5, 0.6) is 5.75 Å². The maximum Gasteiger partial charge on any atom is 0.227 e. The maximum absolute atomic E-state index is 6.24. The van der Waals surface area contributed by atoms with Crippen LogP contribution in [0.4, 0.5) is 11.8 Å². The van der Waals surface area contributed by atoms with E-state index in [4.69, 9.17) is 14.7 Å². The summed E-state index contributed by atoms with van der Waals surface area (Å²) in [6.07, 6.45) is 2.20. The quantitative estimate of drug-likeness (QED) is 0.888. The molecular formula is C20H27N5O. The first-order valence-corrected chi connectivity index (χ1v) is 9.43. The number of aryl methyl sites for hydroxylation is 1. The summed E-state index contributed by atoms with van der Waals surface area (Å²) in [4.78, 5) is 13.9. The number of para-hydroxylation sites is 1. The first-order chi connectivity index (χ1) is 12.7. The molecule has 26 heavy (non-hydrogen) atoms. The first-order valence-electron chi connectivity index (χ1n) is 9.43. The number of hydrogen-bond acceptors (Lipinski definition) is 6. The van der Waals surface area contributed by atoms with E-state index in [-0.39, 0.29) is 6.10 Å². The lowest BCUT2D eigenvalue weighted by Crippen LogP contribution is -2.55. The van der Waals surface area contributed by atoms with Crippen molar-refractivity contribution in [3.63, 3.8) is 0 Å². The Kier molecular flexibility index (Phi) is 4.68. The van der Waals surface area contributed by atoms with Gasteiger partial charge in [-0.1, -0.05) is 25.1 Å². The molecule has 1 aromatic carbocycles. The van der Waals surface area contributed by atoms with E-state index >= 15 is 0 Å². The van der Waals surface area contributed by atoms with Crippen LogP contribution in [-0.2, 0) is 19.4 Å². The van der Waals surface area contributed by atoms with Crippen LogP contribution in [0, 0.1) is 0 Å². The van der Waals surface area contributed by atoms with Crippen LogP contribution >= 0.6 is 0 Å². The number of anilines is 2. The third kappa shape index (κ3) is 3.21. The van der Waals surface area contributed by atoms with Gasteiger partial charge in [0.1, 0.15) is 17.7 Å². The van der Waals surface area contributed by atoms with Gasteiger partial charge in [0.25, 0.3) is 0 Å². The predicted molar refractivity (Wildman–Crippen MR) is 104 cm³/mol. The molecule has 1 fully saturated rings. The van der Waals surface area contributed by atoms with Crippen molar-refractivity contribution in [3.05, 3.63) is 41.1 Å². The molecule has 4 rings (SSSR count). The minimum absolute atomic E-state index is 0.220. The summed E-state index contributed by atoms with van der Waals surface area (Å²) in [6.45, 7) is 5.73. The molecule has 0 saturated carbocycles. The van der Waals surface area contributed by atoms with Crippen molar-refractivity contribution in [2.24, 2.45) is 0 Å². The highest BCUT2D eigenvalue weighted by atomic mass is 16.5. The molecule has 0 bridgehead atoms. The molecule has 138 valence electrons. The van der Waals surface area contributed by atoms with E-state index in [1.165, 1.54) is 11.1 Å². The summed E-state index contributed by atoms with van der Waals surface area (Å²) in [5.74, 6) is 2.88. The smallest absolute Gasteiger partial charge is 0.227 e. The Labute approximate surface area is 155 Å². The van der Waals surface area contributed by atoms with Gasteiger partial charge in [-0.2, -0.15) is 4.98 Å². The van der Waals surface area contributed by atoms with Gasteiger partial charge >= 0.3 is 0 Å².